The van der Waals surface area contributed by atoms with Crippen molar-refractivity contribution in [1.29, 1.82) is 0 Å². The summed E-state index contributed by atoms with van der Waals surface area (Å²) >= 11 is 5.71. The minimum Gasteiger partial charge on any atom is -0.507 e. The zero-order valence-electron chi connectivity index (χ0n) is 8.68. The van der Waals surface area contributed by atoms with Gasteiger partial charge in [0.15, 0.2) is 0 Å². The van der Waals surface area contributed by atoms with Crippen LogP contribution >= 0.6 is 11.6 Å². The lowest BCUT2D eigenvalue weighted by Crippen LogP contribution is -1.88. The molecule has 0 fully saturated rings. The van der Waals surface area contributed by atoms with E-state index in [0.717, 1.165) is 0 Å². The Morgan fingerprint density at radius 1 is 0.824 bits per heavy atom. The van der Waals surface area contributed by atoms with Crippen molar-refractivity contribution in [1.82, 2.24) is 0 Å². The Labute approximate surface area is 103 Å². The first-order valence-corrected chi connectivity index (χ1v) is 5.17. The van der Waals surface area contributed by atoms with Gasteiger partial charge < -0.3 is 21.1 Å². The zero-order valence-corrected chi connectivity index (χ0v) is 9.44. The van der Waals surface area contributed by atoms with Crippen LogP contribution in [-0.2, 0) is 0 Å². The maximum Gasteiger partial charge on any atom is 0.139 e. The van der Waals surface area contributed by atoms with E-state index in [1.807, 2.05) is 0 Å². The molecule has 5 heteroatoms. The van der Waals surface area contributed by atoms with Crippen LogP contribution in [0.25, 0.3) is 11.1 Å². The summed E-state index contributed by atoms with van der Waals surface area (Å²) in [4.78, 5) is 0. The van der Waals surface area contributed by atoms with Gasteiger partial charge in [-0.25, -0.2) is 0 Å². The molecule has 0 aliphatic heterocycles. The van der Waals surface area contributed by atoms with Crippen LogP contribution in [0.2, 0.25) is 5.02 Å². The first-order chi connectivity index (χ1) is 7.99. The quantitative estimate of drug-likeness (QED) is 0.357. The molecule has 0 saturated heterocycles. The monoisotopic (exact) mass is 251 g/mol. The van der Waals surface area contributed by atoms with Crippen LogP contribution in [0, 0.1) is 0 Å². The minimum atomic E-state index is -0.160. The highest BCUT2D eigenvalue weighted by molar-refractivity contribution is 6.30. The van der Waals surface area contributed by atoms with E-state index in [1.54, 1.807) is 12.1 Å². The number of anilines is 1. The Hall–Kier alpha value is -2.07. The number of benzene rings is 2. The average Bonchev–Trinajstić information content (AvgIpc) is 2.24. The van der Waals surface area contributed by atoms with Gasteiger partial charge in [0.2, 0.25) is 0 Å². The molecule has 0 unspecified atom stereocenters. The summed E-state index contributed by atoms with van der Waals surface area (Å²) in [5, 5.41) is 29.3. The second-order valence-corrected chi connectivity index (χ2v) is 4.03. The Kier molecular flexibility index (Phi) is 2.73. The first-order valence-electron chi connectivity index (χ1n) is 4.79. The minimum absolute atomic E-state index is 0.0692. The fraction of sp³-hybridized carbons (Fsp3) is 0. The van der Waals surface area contributed by atoms with E-state index in [2.05, 4.69) is 0 Å². The molecule has 2 aromatic carbocycles. The van der Waals surface area contributed by atoms with Gasteiger partial charge in [0.05, 0.1) is 5.69 Å². The molecule has 0 saturated carbocycles. The summed E-state index contributed by atoms with van der Waals surface area (Å²) in [5.74, 6) is -0.373. The SMILES string of the molecule is Nc1cc(O)c(-c2ccc(Cl)cc2O)cc1O. The van der Waals surface area contributed by atoms with Gasteiger partial charge in [0.1, 0.15) is 17.2 Å². The van der Waals surface area contributed by atoms with Gasteiger partial charge in [-0.2, -0.15) is 0 Å². The molecular formula is C12H10ClNO3. The summed E-state index contributed by atoms with van der Waals surface area (Å²) in [5.41, 5.74) is 6.15. The lowest BCUT2D eigenvalue weighted by molar-refractivity contribution is 0.461. The molecule has 0 bridgehead atoms. The molecule has 0 amide bonds. The summed E-state index contributed by atoms with van der Waals surface area (Å²) in [6.07, 6.45) is 0. The van der Waals surface area contributed by atoms with Crippen molar-refractivity contribution in [2.45, 2.75) is 0 Å². The molecule has 0 radical (unpaired) electrons. The van der Waals surface area contributed by atoms with Crippen LogP contribution in [0.3, 0.4) is 0 Å². The van der Waals surface area contributed by atoms with Gasteiger partial charge in [0.25, 0.3) is 0 Å². The second kappa shape index (κ2) is 4.07. The Bertz CT molecular complexity index is 584. The highest BCUT2D eigenvalue weighted by Crippen LogP contribution is 2.40. The van der Waals surface area contributed by atoms with Crippen molar-refractivity contribution in [2.75, 3.05) is 5.73 Å². The van der Waals surface area contributed by atoms with Crippen molar-refractivity contribution < 1.29 is 15.3 Å². The molecule has 5 N–H and O–H groups in total. The summed E-state index contributed by atoms with van der Waals surface area (Å²) in [6.45, 7) is 0. The highest BCUT2D eigenvalue weighted by atomic mass is 35.5. The third kappa shape index (κ3) is 2.07. The molecule has 0 atom stereocenters. The van der Waals surface area contributed by atoms with Crippen molar-refractivity contribution >= 4 is 17.3 Å². The van der Waals surface area contributed by atoms with E-state index in [1.165, 1.54) is 18.2 Å². The van der Waals surface area contributed by atoms with Crippen LogP contribution in [0.5, 0.6) is 17.2 Å². The zero-order chi connectivity index (χ0) is 12.6. The largest absolute Gasteiger partial charge is 0.507 e. The molecular weight excluding hydrogens is 242 g/mol. The van der Waals surface area contributed by atoms with Crippen LogP contribution < -0.4 is 5.73 Å². The Morgan fingerprint density at radius 2 is 1.47 bits per heavy atom. The predicted molar refractivity (Wildman–Crippen MR) is 66.3 cm³/mol. The fourth-order valence-corrected chi connectivity index (χ4v) is 1.71. The highest BCUT2D eigenvalue weighted by Gasteiger charge is 2.12. The first kappa shape index (κ1) is 11.4. The third-order valence-electron chi connectivity index (χ3n) is 2.39. The molecule has 0 heterocycles. The van der Waals surface area contributed by atoms with Crippen molar-refractivity contribution in [2.24, 2.45) is 0 Å². The topological polar surface area (TPSA) is 86.7 Å². The van der Waals surface area contributed by atoms with E-state index in [9.17, 15) is 15.3 Å². The third-order valence-corrected chi connectivity index (χ3v) is 2.63. The normalized spacial score (nSPS) is 10.4. The summed E-state index contributed by atoms with van der Waals surface area (Å²) in [7, 11) is 0. The average molecular weight is 252 g/mol. The molecule has 0 aliphatic carbocycles. The molecule has 2 rings (SSSR count). The predicted octanol–water partition coefficient (Wildman–Crippen LogP) is 2.71. The van der Waals surface area contributed by atoms with Gasteiger partial charge in [0, 0.05) is 22.2 Å². The van der Waals surface area contributed by atoms with Crippen LogP contribution in [-0.4, -0.2) is 15.3 Å². The maximum absolute atomic E-state index is 9.73. The lowest BCUT2D eigenvalue weighted by atomic mass is 10.0. The number of aromatic hydroxyl groups is 3. The molecule has 4 nitrogen and oxygen atoms in total. The molecule has 17 heavy (non-hydrogen) atoms. The molecule has 0 spiro atoms. The van der Waals surface area contributed by atoms with Gasteiger partial charge in [-0.3, -0.25) is 0 Å². The van der Waals surface area contributed by atoms with E-state index < -0.39 is 0 Å². The number of rotatable bonds is 1. The van der Waals surface area contributed by atoms with E-state index in [0.29, 0.717) is 10.6 Å². The standard InChI is InChI=1S/C12H10ClNO3/c13-6-1-2-7(10(15)3-6)8-4-12(17)9(14)5-11(8)16/h1-5,15-17H,14H2. The molecule has 2 aromatic rings. The summed E-state index contributed by atoms with van der Waals surface area (Å²) < 4.78 is 0. The van der Waals surface area contributed by atoms with E-state index in [-0.39, 0.29) is 28.5 Å². The Morgan fingerprint density at radius 3 is 2.12 bits per heavy atom. The van der Waals surface area contributed by atoms with Gasteiger partial charge >= 0.3 is 0 Å². The van der Waals surface area contributed by atoms with Crippen LogP contribution in [0.4, 0.5) is 5.69 Å². The van der Waals surface area contributed by atoms with E-state index in [4.69, 9.17) is 17.3 Å². The van der Waals surface area contributed by atoms with Crippen molar-refractivity contribution in [3.05, 3.63) is 35.4 Å². The molecule has 0 aromatic heterocycles. The molecule has 0 aliphatic rings. The number of phenolic OH excluding ortho intramolecular Hbond substituents is 3. The summed E-state index contributed by atoms with van der Waals surface area (Å²) in [6, 6.07) is 6.97. The number of halogens is 1. The van der Waals surface area contributed by atoms with Crippen LogP contribution in [0.15, 0.2) is 30.3 Å². The second-order valence-electron chi connectivity index (χ2n) is 3.59. The smallest absolute Gasteiger partial charge is 0.139 e. The van der Waals surface area contributed by atoms with E-state index >= 15 is 0 Å². The van der Waals surface area contributed by atoms with Gasteiger partial charge in [-0.05, 0) is 24.3 Å². The van der Waals surface area contributed by atoms with Crippen molar-refractivity contribution in [3.63, 3.8) is 0 Å². The van der Waals surface area contributed by atoms with Crippen LogP contribution in [0.1, 0.15) is 0 Å². The Balaban J connectivity index is 2.64. The number of hydrogen-bond donors (Lipinski definition) is 4. The van der Waals surface area contributed by atoms with Gasteiger partial charge in [-0.1, -0.05) is 11.6 Å². The molecule has 88 valence electrons. The van der Waals surface area contributed by atoms with Crippen molar-refractivity contribution in [3.8, 4) is 28.4 Å². The number of nitrogen functional groups attached to an aromatic ring is 1. The lowest BCUT2D eigenvalue weighted by Gasteiger charge is -2.09. The fourth-order valence-electron chi connectivity index (χ4n) is 1.54. The van der Waals surface area contributed by atoms with Gasteiger partial charge in [-0.15, -0.1) is 0 Å². The maximum atomic E-state index is 9.73. The number of hydrogen-bond acceptors (Lipinski definition) is 4. The number of nitrogens with two attached hydrogens (primary N) is 1. The number of phenols is 3.